The number of Topliss-reactive ketones (excluding diaryl/α,β-unsaturated/α-hetero) is 1. The number of hydrogen-bond donors (Lipinski definition) is 1. The van der Waals surface area contributed by atoms with Crippen molar-refractivity contribution in [2.24, 2.45) is 5.92 Å². The topological polar surface area (TPSA) is 93.5 Å². The van der Waals surface area contributed by atoms with Crippen LogP contribution in [0.2, 0.25) is 5.02 Å². The van der Waals surface area contributed by atoms with Crippen LogP contribution in [-0.2, 0) is 20.9 Å². The second-order valence-corrected chi connectivity index (χ2v) is 9.80. The van der Waals surface area contributed by atoms with Crippen molar-refractivity contribution in [2.75, 3.05) is 13.7 Å². The van der Waals surface area contributed by atoms with Gasteiger partial charge in [0.25, 0.3) is 0 Å². The van der Waals surface area contributed by atoms with Crippen LogP contribution >= 0.6 is 11.6 Å². The van der Waals surface area contributed by atoms with Gasteiger partial charge in [-0.05, 0) is 37.8 Å². The lowest BCUT2D eigenvalue weighted by atomic mass is 10.1. The zero-order chi connectivity index (χ0) is 25.6. The van der Waals surface area contributed by atoms with Crippen LogP contribution in [0.15, 0.2) is 42.9 Å². The van der Waals surface area contributed by atoms with Gasteiger partial charge in [0.2, 0.25) is 11.8 Å². The van der Waals surface area contributed by atoms with Crippen molar-refractivity contribution in [1.82, 2.24) is 19.8 Å². The summed E-state index contributed by atoms with van der Waals surface area (Å²) in [5.41, 5.74) is 1.42. The Morgan fingerprint density at radius 1 is 1.28 bits per heavy atom. The second-order valence-electron chi connectivity index (χ2n) is 9.39. The summed E-state index contributed by atoms with van der Waals surface area (Å²) in [4.78, 5) is 44.7. The lowest BCUT2D eigenvalue weighted by Gasteiger charge is -2.29. The zero-order valence-electron chi connectivity index (χ0n) is 19.9. The smallest absolute Gasteiger partial charge is 0.243 e. The number of ether oxygens (including phenoxy) is 1. The third-order valence-electron chi connectivity index (χ3n) is 7.07. The molecule has 10 heteroatoms. The maximum absolute atomic E-state index is 14.7. The van der Waals surface area contributed by atoms with E-state index in [-0.39, 0.29) is 53.3 Å². The van der Waals surface area contributed by atoms with Gasteiger partial charge in [-0.1, -0.05) is 23.7 Å². The van der Waals surface area contributed by atoms with Gasteiger partial charge < -0.3 is 19.5 Å². The number of pyridine rings is 1. The van der Waals surface area contributed by atoms with Crippen molar-refractivity contribution in [3.8, 4) is 0 Å². The molecule has 3 heterocycles. The number of rotatable bonds is 8. The Labute approximate surface area is 212 Å². The minimum atomic E-state index is -0.757. The van der Waals surface area contributed by atoms with Crippen molar-refractivity contribution >= 4 is 40.1 Å². The molecular weight excluding hydrogens is 487 g/mol. The first kappa shape index (κ1) is 24.4. The Morgan fingerprint density at radius 3 is 2.83 bits per heavy atom. The first-order chi connectivity index (χ1) is 17.3. The van der Waals surface area contributed by atoms with E-state index in [0.29, 0.717) is 17.5 Å². The molecule has 1 aliphatic heterocycles. The fourth-order valence-corrected chi connectivity index (χ4v) is 5.44. The number of ketones is 1. The molecule has 0 unspecified atom stereocenters. The summed E-state index contributed by atoms with van der Waals surface area (Å²) in [7, 11) is 1.47. The van der Waals surface area contributed by atoms with Gasteiger partial charge in [0, 0.05) is 42.1 Å². The quantitative estimate of drug-likeness (QED) is 0.466. The molecular formula is C26H26ClFN4O4. The first-order valence-electron chi connectivity index (χ1n) is 11.8. The predicted molar refractivity (Wildman–Crippen MR) is 131 cm³/mol. The number of aromatic nitrogens is 2. The lowest BCUT2D eigenvalue weighted by Crippen LogP contribution is -2.50. The number of hydrogen-bond acceptors (Lipinski definition) is 5. The fraction of sp³-hybridized carbons (Fsp3) is 0.385. The molecule has 2 fully saturated rings. The summed E-state index contributed by atoms with van der Waals surface area (Å²) < 4.78 is 21.6. The van der Waals surface area contributed by atoms with E-state index in [4.69, 9.17) is 16.3 Å². The van der Waals surface area contributed by atoms with Crippen molar-refractivity contribution in [1.29, 1.82) is 0 Å². The highest BCUT2D eigenvalue weighted by Crippen LogP contribution is 2.48. The molecule has 5 rings (SSSR count). The Balaban J connectivity index is 1.37. The Bertz CT molecular complexity index is 1360. The SMILES string of the molecule is COC[C@@H](NC(=O)[C@@H]1C[C@H]2C[C@H]2N1C(=O)Cn1cc(C(C)=O)c2ccncc21)c1cccc(Cl)c1F. The van der Waals surface area contributed by atoms with E-state index >= 15 is 0 Å². The third-order valence-corrected chi connectivity index (χ3v) is 7.36. The van der Waals surface area contributed by atoms with Gasteiger partial charge in [0.05, 0.1) is 29.4 Å². The number of carbonyl (C=O) groups excluding carboxylic acids is 3. The molecule has 1 saturated carbocycles. The van der Waals surface area contributed by atoms with Crippen LogP contribution in [0, 0.1) is 11.7 Å². The van der Waals surface area contributed by atoms with Crippen molar-refractivity contribution < 1.29 is 23.5 Å². The largest absolute Gasteiger partial charge is 0.382 e. The van der Waals surface area contributed by atoms with Crippen molar-refractivity contribution in [2.45, 2.75) is 44.4 Å². The van der Waals surface area contributed by atoms with E-state index in [1.54, 1.807) is 46.3 Å². The van der Waals surface area contributed by atoms with Crippen LogP contribution in [0.25, 0.3) is 10.9 Å². The highest BCUT2D eigenvalue weighted by atomic mass is 35.5. The van der Waals surface area contributed by atoms with Crippen LogP contribution in [0.3, 0.4) is 0 Å². The van der Waals surface area contributed by atoms with Gasteiger partial charge in [0.1, 0.15) is 18.4 Å². The predicted octanol–water partition coefficient (Wildman–Crippen LogP) is 3.52. The van der Waals surface area contributed by atoms with E-state index in [1.165, 1.54) is 20.1 Å². The molecule has 2 aliphatic rings. The molecule has 1 N–H and O–H groups in total. The van der Waals surface area contributed by atoms with Gasteiger partial charge in [-0.25, -0.2) is 4.39 Å². The zero-order valence-corrected chi connectivity index (χ0v) is 20.7. The maximum Gasteiger partial charge on any atom is 0.243 e. The van der Waals surface area contributed by atoms with E-state index in [2.05, 4.69) is 10.3 Å². The Morgan fingerprint density at radius 2 is 2.08 bits per heavy atom. The number of nitrogens with one attached hydrogen (secondary N) is 1. The molecule has 36 heavy (non-hydrogen) atoms. The number of nitrogens with zero attached hydrogens (tertiary/aromatic N) is 3. The summed E-state index contributed by atoms with van der Waals surface area (Å²) in [5, 5.41) is 3.56. The van der Waals surface area contributed by atoms with Crippen molar-refractivity contribution in [3.05, 3.63) is 64.8 Å². The minimum Gasteiger partial charge on any atom is -0.382 e. The van der Waals surface area contributed by atoms with E-state index in [0.717, 1.165) is 11.8 Å². The summed E-state index contributed by atoms with van der Waals surface area (Å²) >= 11 is 5.94. The molecule has 0 spiro atoms. The molecule has 2 aromatic heterocycles. The molecule has 4 atom stereocenters. The monoisotopic (exact) mass is 512 g/mol. The van der Waals surface area contributed by atoms with Crippen LogP contribution < -0.4 is 5.32 Å². The number of fused-ring (bicyclic) bond motifs is 2. The van der Waals surface area contributed by atoms with E-state index in [9.17, 15) is 18.8 Å². The summed E-state index contributed by atoms with van der Waals surface area (Å²) in [5.74, 6) is -1.02. The van der Waals surface area contributed by atoms with Gasteiger partial charge in [0.15, 0.2) is 5.78 Å². The second kappa shape index (κ2) is 9.63. The number of amides is 2. The molecule has 1 saturated heterocycles. The molecule has 0 radical (unpaired) electrons. The third kappa shape index (κ3) is 4.37. The number of likely N-dealkylation sites (tertiary alicyclic amines) is 1. The molecule has 3 aromatic rings. The Hall–Kier alpha value is -3.30. The lowest BCUT2D eigenvalue weighted by molar-refractivity contribution is -0.140. The molecule has 188 valence electrons. The normalized spacial score (nSPS) is 21.3. The van der Waals surface area contributed by atoms with Gasteiger partial charge in [-0.15, -0.1) is 0 Å². The first-order valence-corrected chi connectivity index (χ1v) is 12.2. The Kier molecular flexibility index (Phi) is 6.53. The fourth-order valence-electron chi connectivity index (χ4n) is 5.26. The summed E-state index contributed by atoms with van der Waals surface area (Å²) in [6.45, 7) is 1.51. The summed E-state index contributed by atoms with van der Waals surface area (Å²) in [6, 6.07) is 4.93. The summed E-state index contributed by atoms with van der Waals surface area (Å²) in [6.07, 6.45) is 6.30. The average molecular weight is 513 g/mol. The van der Waals surface area contributed by atoms with Crippen LogP contribution in [0.4, 0.5) is 4.39 Å². The number of benzene rings is 1. The standard InChI is InChI=1S/C26H26ClFN4O4/c1-14(33)18-11-31(23-10-29-7-6-16(18)23)12-24(34)32-21-8-15(21)9-22(32)26(35)30-20(13-36-2)17-4-3-5-19(27)25(17)28/h3-7,10-11,15,20-22H,8-9,12-13H2,1-2H3,(H,30,35)/t15-,20-,21-,22+/m1/s1. The van der Waals surface area contributed by atoms with Crippen LogP contribution in [0.1, 0.15) is 41.7 Å². The van der Waals surface area contributed by atoms with Crippen LogP contribution in [-0.4, -0.2) is 57.8 Å². The maximum atomic E-state index is 14.7. The molecule has 0 bridgehead atoms. The van der Waals surface area contributed by atoms with Crippen LogP contribution in [0.5, 0.6) is 0 Å². The number of methoxy groups -OCH3 is 1. The van der Waals surface area contributed by atoms with E-state index < -0.39 is 17.9 Å². The van der Waals surface area contributed by atoms with Gasteiger partial charge in [-0.2, -0.15) is 0 Å². The molecule has 8 nitrogen and oxygen atoms in total. The average Bonchev–Trinajstić information content (AvgIpc) is 3.35. The molecule has 1 aromatic carbocycles. The molecule has 1 aliphatic carbocycles. The number of piperidine rings is 1. The van der Waals surface area contributed by atoms with E-state index in [1.807, 2.05) is 0 Å². The molecule has 2 amide bonds. The minimum absolute atomic E-state index is 0.00394. The number of carbonyl (C=O) groups is 3. The highest BCUT2D eigenvalue weighted by Gasteiger charge is 2.56. The van der Waals surface area contributed by atoms with Crippen molar-refractivity contribution in [3.63, 3.8) is 0 Å². The number of halogens is 2. The van der Waals surface area contributed by atoms with Gasteiger partial charge >= 0.3 is 0 Å². The highest BCUT2D eigenvalue weighted by molar-refractivity contribution is 6.30. The van der Waals surface area contributed by atoms with Gasteiger partial charge in [-0.3, -0.25) is 19.4 Å².